The standard InChI is InChI=1S/C10H12O/c11-10-7-2-1-6-9(10)8-4-3-5-8/h1-2,6-8,11H,3-5H2. The maximum Gasteiger partial charge on any atom is 0.119 e. The van der Waals surface area contributed by atoms with Crippen LogP contribution in [0.25, 0.3) is 0 Å². The van der Waals surface area contributed by atoms with Gasteiger partial charge in [0, 0.05) is 0 Å². The molecule has 1 aliphatic rings. The zero-order valence-electron chi connectivity index (χ0n) is 6.46. The summed E-state index contributed by atoms with van der Waals surface area (Å²) in [4.78, 5) is 0. The molecule has 0 aromatic heterocycles. The van der Waals surface area contributed by atoms with E-state index >= 15 is 0 Å². The first-order valence-corrected chi connectivity index (χ1v) is 4.16. The normalized spacial score (nSPS) is 17.8. The SMILES string of the molecule is Oc1ccccc1C1CCC1. The first-order valence-electron chi connectivity index (χ1n) is 4.16. The minimum Gasteiger partial charge on any atom is -0.508 e. The first-order chi connectivity index (χ1) is 5.38. The van der Waals surface area contributed by atoms with Crippen molar-refractivity contribution in [2.45, 2.75) is 25.2 Å². The van der Waals surface area contributed by atoms with Gasteiger partial charge in [-0.25, -0.2) is 0 Å². The van der Waals surface area contributed by atoms with Crippen LogP contribution < -0.4 is 0 Å². The summed E-state index contributed by atoms with van der Waals surface area (Å²) in [6, 6.07) is 7.66. The van der Waals surface area contributed by atoms with E-state index in [1.54, 1.807) is 6.07 Å². The quantitative estimate of drug-likeness (QED) is 0.649. The van der Waals surface area contributed by atoms with Gasteiger partial charge in [-0.05, 0) is 30.4 Å². The van der Waals surface area contributed by atoms with Crippen molar-refractivity contribution in [2.75, 3.05) is 0 Å². The molecule has 1 heteroatoms. The van der Waals surface area contributed by atoms with Crippen LogP contribution in [0.5, 0.6) is 5.75 Å². The van der Waals surface area contributed by atoms with Crippen LogP contribution in [0.15, 0.2) is 24.3 Å². The number of aromatic hydroxyl groups is 1. The lowest BCUT2D eigenvalue weighted by molar-refractivity contribution is 0.393. The second-order valence-corrected chi connectivity index (χ2v) is 3.19. The molecular weight excluding hydrogens is 136 g/mol. The van der Waals surface area contributed by atoms with E-state index in [0.717, 1.165) is 5.56 Å². The number of para-hydroxylation sites is 1. The Morgan fingerprint density at radius 3 is 2.45 bits per heavy atom. The van der Waals surface area contributed by atoms with Crippen molar-refractivity contribution >= 4 is 0 Å². The van der Waals surface area contributed by atoms with Gasteiger partial charge in [0.1, 0.15) is 5.75 Å². The number of benzene rings is 1. The second kappa shape index (κ2) is 2.57. The molecule has 11 heavy (non-hydrogen) atoms. The summed E-state index contributed by atoms with van der Waals surface area (Å²) in [5.41, 5.74) is 1.14. The van der Waals surface area contributed by atoms with Gasteiger partial charge >= 0.3 is 0 Å². The third-order valence-corrected chi connectivity index (χ3v) is 2.48. The van der Waals surface area contributed by atoms with Crippen LogP contribution in [0.3, 0.4) is 0 Å². The molecule has 0 atom stereocenters. The maximum atomic E-state index is 9.45. The highest BCUT2D eigenvalue weighted by Gasteiger charge is 2.21. The highest BCUT2D eigenvalue weighted by molar-refractivity contribution is 5.35. The van der Waals surface area contributed by atoms with Crippen LogP contribution in [-0.2, 0) is 0 Å². The fourth-order valence-corrected chi connectivity index (χ4v) is 1.55. The van der Waals surface area contributed by atoms with E-state index in [1.807, 2.05) is 18.2 Å². The average molecular weight is 148 g/mol. The molecule has 2 rings (SSSR count). The van der Waals surface area contributed by atoms with Gasteiger partial charge < -0.3 is 5.11 Å². The Morgan fingerprint density at radius 1 is 1.18 bits per heavy atom. The maximum absolute atomic E-state index is 9.45. The van der Waals surface area contributed by atoms with E-state index in [1.165, 1.54) is 19.3 Å². The highest BCUT2D eigenvalue weighted by atomic mass is 16.3. The van der Waals surface area contributed by atoms with Crippen molar-refractivity contribution in [3.05, 3.63) is 29.8 Å². The summed E-state index contributed by atoms with van der Waals surface area (Å²) in [5.74, 6) is 1.11. The molecule has 1 aromatic rings. The van der Waals surface area contributed by atoms with Crippen molar-refractivity contribution in [3.63, 3.8) is 0 Å². The predicted molar refractivity (Wildman–Crippen MR) is 44.7 cm³/mol. The Morgan fingerprint density at radius 2 is 1.91 bits per heavy atom. The third kappa shape index (κ3) is 1.11. The molecule has 0 amide bonds. The molecule has 0 heterocycles. The van der Waals surface area contributed by atoms with Crippen molar-refractivity contribution < 1.29 is 5.11 Å². The molecular formula is C10H12O. The van der Waals surface area contributed by atoms with Crippen LogP contribution in [0.4, 0.5) is 0 Å². The lowest BCUT2D eigenvalue weighted by Crippen LogP contribution is -2.08. The van der Waals surface area contributed by atoms with E-state index < -0.39 is 0 Å². The molecule has 0 saturated heterocycles. The zero-order valence-corrected chi connectivity index (χ0v) is 6.46. The Hall–Kier alpha value is -0.980. The molecule has 0 unspecified atom stereocenters. The fraction of sp³-hybridized carbons (Fsp3) is 0.400. The van der Waals surface area contributed by atoms with Gasteiger partial charge in [0.2, 0.25) is 0 Å². The minimum absolute atomic E-state index is 0.470. The molecule has 1 aromatic carbocycles. The molecule has 1 N–H and O–H groups in total. The van der Waals surface area contributed by atoms with Gasteiger partial charge in [0.15, 0.2) is 0 Å². The zero-order chi connectivity index (χ0) is 7.68. The molecule has 1 aliphatic carbocycles. The molecule has 1 saturated carbocycles. The topological polar surface area (TPSA) is 20.2 Å². The van der Waals surface area contributed by atoms with E-state index in [9.17, 15) is 5.11 Å². The summed E-state index contributed by atoms with van der Waals surface area (Å²) < 4.78 is 0. The first kappa shape index (κ1) is 6.71. The second-order valence-electron chi connectivity index (χ2n) is 3.19. The molecule has 0 radical (unpaired) electrons. The van der Waals surface area contributed by atoms with E-state index in [-0.39, 0.29) is 0 Å². The van der Waals surface area contributed by atoms with Crippen molar-refractivity contribution in [1.82, 2.24) is 0 Å². The smallest absolute Gasteiger partial charge is 0.119 e. The Kier molecular flexibility index (Phi) is 1.57. The average Bonchev–Trinajstić information content (AvgIpc) is 1.90. The number of phenols is 1. The number of rotatable bonds is 1. The summed E-state index contributed by atoms with van der Waals surface area (Å²) in [5, 5.41) is 9.45. The van der Waals surface area contributed by atoms with Gasteiger partial charge in [0.05, 0.1) is 0 Å². The van der Waals surface area contributed by atoms with E-state index in [2.05, 4.69) is 0 Å². The molecule has 0 bridgehead atoms. The van der Waals surface area contributed by atoms with Crippen LogP contribution in [0, 0.1) is 0 Å². The highest BCUT2D eigenvalue weighted by Crippen LogP contribution is 2.39. The number of hydrogen-bond acceptors (Lipinski definition) is 1. The molecule has 58 valence electrons. The summed E-state index contributed by atoms with van der Waals surface area (Å²) >= 11 is 0. The van der Waals surface area contributed by atoms with Crippen molar-refractivity contribution in [1.29, 1.82) is 0 Å². The van der Waals surface area contributed by atoms with E-state index in [4.69, 9.17) is 0 Å². The summed E-state index contributed by atoms with van der Waals surface area (Å²) in [6.07, 6.45) is 3.81. The largest absolute Gasteiger partial charge is 0.508 e. The van der Waals surface area contributed by atoms with Crippen molar-refractivity contribution in [3.8, 4) is 5.75 Å². The van der Waals surface area contributed by atoms with E-state index in [0.29, 0.717) is 11.7 Å². The number of hydrogen-bond donors (Lipinski definition) is 1. The molecule has 1 fully saturated rings. The fourth-order valence-electron chi connectivity index (χ4n) is 1.55. The van der Waals surface area contributed by atoms with Gasteiger partial charge in [-0.15, -0.1) is 0 Å². The number of phenolic OH excluding ortho intramolecular Hbond substituents is 1. The minimum atomic E-state index is 0.470. The lowest BCUT2D eigenvalue weighted by atomic mass is 9.80. The molecule has 0 spiro atoms. The van der Waals surface area contributed by atoms with Gasteiger partial charge in [-0.1, -0.05) is 24.6 Å². The Balaban J connectivity index is 2.28. The van der Waals surface area contributed by atoms with Crippen LogP contribution in [0.2, 0.25) is 0 Å². The predicted octanol–water partition coefficient (Wildman–Crippen LogP) is 2.66. The monoisotopic (exact) mass is 148 g/mol. The van der Waals surface area contributed by atoms with Crippen LogP contribution >= 0.6 is 0 Å². The molecule has 0 aliphatic heterocycles. The van der Waals surface area contributed by atoms with Gasteiger partial charge in [0.25, 0.3) is 0 Å². The summed E-state index contributed by atoms with van der Waals surface area (Å²) in [6.45, 7) is 0. The lowest BCUT2D eigenvalue weighted by Gasteiger charge is -2.26. The van der Waals surface area contributed by atoms with Gasteiger partial charge in [-0.3, -0.25) is 0 Å². The van der Waals surface area contributed by atoms with Crippen LogP contribution in [-0.4, -0.2) is 5.11 Å². The Labute approximate surface area is 66.7 Å². The Bertz CT molecular complexity index is 251. The summed E-state index contributed by atoms with van der Waals surface area (Å²) in [7, 11) is 0. The van der Waals surface area contributed by atoms with Gasteiger partial charge in [-0.2, -0.15) is 0 Å². The molecule has 1 nitrogen and oxygen atoms in total. The third-order valence-electron chi connectivity index (χ3n) is 2.48. The van der Waals surface area contributed by atoms with Crippen molar-refractivity contribution in [2.24, 2.45) is 0 Å². The van der Waals surface area contributed by atoms with Crippen LogP contribution in [0.1, 0.15) is 30.7 Å².